The molecule has 0 amide bonds. The summed E-state index contributed by atoms with van der Waals surface area (Å²) in [6, 6.07) is 10.5. The van der Waals surface area contributed by atoms with Crippen LogP contribution in [-0.2, 0) is 4.79 Å². The summed E-state index contributed by atoms with van der Waals surface area (Å²) >= 11 is 10.2. The molecule has 2 aromatic carbocycles. The lowest BCUT2D eigenvalue weighted by Crippen LogP contribution is -2.23. The summed E-state index contributed by atoms with van der Waals surface area (Å²) in [6.45, 7) is 1.40. The SMILES string of the molecule is CC(Oc1ccc(Br)cc1C(=O)c1cnn(-c2ccc(Br)cc2Br)c1)C(=O)O. The van der Waals surface area contributed by atoms with Crippen LogP contribution in [0.2, 0.25) is 0 Å². The Morgan fingerprint density at radius 1 is 1.11 bits per heavy atom. The lowest BCUT2D eigenvalue weighted by atomic mass is 10.1. The molecule has 0 aliphatic carbocycles. The maximum absolute atomic E-state index is 13.0. The van der Waals surface area contributed by atoms with E-state index in [0.29, 0.717) is 10.0 Å². The van der Waals surface area contributed by atoms with E-state index in [4.69, 9.17) is 9.84 Å². The minimum absolute atomic E-state index is 0.195. The number of halogens is 3. The molecule has 9 heteroatoms. The zero-order valence-electron chi connectivity index (χ0n) is 14.4. The second-order valence-electron chi connectivity index (χ2n) is 5.84. The Bertz CT molecular complexity index is 1070. The quantitative estimate of drug-likeness (QED) is 0.409. The second-order valence-corrected chi connectivity index (χ2v) is 8.52. The van der Waals surface area contributed by atoms with Crippen LogP contribution in [0.25, 0.3) is 5.69 Å². The number of aliphatic carboxylic acids is 1. The number of aromatic nitrogens is 2. The van der Waals surface area contributed by atoms with Gasteiger partial charge >= 0.3 is 5.97 Å². The molecule has 0 fully saturated rings. The van der Waals surface area contributed by atoms with Crippen molar-refractivity contribution in [3.63, 3.8) is 0 Å². The predicted molar refractivity (Wildman–Crippen MR) is 114 cm³/mol. The molecule has 144 valence electrons. The highest BCUT2D eigenvalue weighted by Crippen LogP contribution is 2.28. The van der Waals surface area contributed by atoms with Gasteiger partial charge in [-0.25, -0.2) is 9.48 Å². The minimum atomic E-state index is -1.12. The number of nitrogens with zero attached hydrogens (tertiary/aromatic N) is 2. The molecule has 0 bridgehead atoms. The summed E-state index contributed by atoms with van der Waals surface area (Å²) in [4.78, 5) is 24.1. The van der Waals surface area contributed by atoms with E-state index in [1.807, 2.05) is 18.2 Å². The third-order valence-electron chi connectivity index (χ3n) is 3.84. The molecule has 0 saturated heterocycles. The van der Waals surface area contributed by atoms with Gasteiger partial charge in [0.15, 0.2) is 11.9 Å². The van der Waals surface area contributed by atoms with Crippen molar-refractivity contribution in [2.24, 2.45) is 0 Å². The van der Waals surface area contributed by atoms with Gasteiger partial charge in [-0.2, -0.15) is 5.10 Å². The van der Waals surface area contributed by atoms with Crippen LogP contribution in [-0.4, -0.2) is 32.7 Å². The summed E-state index contributed by atoms with van der Waals surface area (Å²) in [5, 5.41) is 13.3. The number of carboxylic acids is 1. The molecule has 1 unspecified atom stereocenters. The first-order valence-electron chi connectivity index (χ1n) is 8.00. The van der Waals surface area contributed by atoms with Gasteiger partial charge in [0.05, 0.1) is 23.0 Å². The topological polar surface area (TPSA) is 81.4 Å². The van der Waals surface area contributed by atoms with E-state index in [1.165, 1.54) is 13.1 Å². The van der Waals surface area contributed by atoms with E-state index < -0.39 is 12.1 Å². The van der Waals surface area contributed by atoms with Crippen molar-refractivity contribution in [2.75, 3.05) is 0 Å². The molecule has 3 aromatic rings. The zero-order valence-corrected chi connectivity index (χ0v) is 19.2. The standard InChI is InChI=1S/C19H13Br3N2O4/c1-10(19(26)27)28-17-5-3-12(20)6-14(17)18(25)11-8-23-24(9-11)16-4-2-13(21)7-15(16)22/h2-10H,1H3,(H,26,27). The first-order valence-corrected chi connectivity index (χ1v) is 10.4. The number of hydrogen-bond acceptors (Lipinski definition) is 4. The van der Waals surface area contributed by atoms with Crippen molar-refractivity contribution in [2.45, 2.75) is 13.0 Å². The molecule has 0 radical (unpaired) electrons. The van der Waals surface area contributed by atoms with E-state index in [2.05, 4.69) is 52.9 Å². The van der Waals surface area contributed by atoms with Crippen molar-refractivity contribution >= 4 is 59.5 Å². The molecule has 0 saturated carbocycles. The van der Waals surface area contributed by atoms with Crippen LogP contribution in [0.1, 0.15) is 22.8 Å². The molecule has 1 atom stereocenters. The zero-order chi connectivity index (χ0) is 20.4. The van der Waals surface area contributed by atoms with Gasteiger partial charge in [-0.1, -0.05) is 31.9 Å². The third-order valence-corrected chi connectivity index (χ3v) is 5.46. The predicted octanol–water partition coefficient (Wildman–Crippen LogP) is 5.24. The van der Waals surface area contributed by atoms with Crippen LogP contribution in [0.5, 0.6) is 5.75 Å². The van der Waals surface area contributed by atoms with Gasteiger partial charge in [0.2, 0.25) is 0 Å². The van der Waals surface area contributed by atoms with Crippen LogP contribution < -0.4 is 4.74 Å². The van der Waals surface area contributed by atoms with Gasteiger partial charge < -0.3 is 9.84 Å². The van der Waals surface area contributed by atoms with E-state index in [9.17, 15) is 9.59 Å². The highest BCUT2D eigenvalue weighted by atomic mass is 79.9. The highest BCUT2D eigenvalue weighted by Gasteiger charge is 2.21. The lowest BCUT2D eigenvalue weighted by Gasteiger charge is -2.14. The fourth-order valence-electron chi connectivity index (χ4n) is 2.42. The lowest BCUT2D eigenvalue weighted by molar-refractivity contribution is -0.144. The third kappa shape index (κ3) is 4.53. The van der Waals surface area contributed by atoms with E-state index in [-0.39, 0.29) is 17.1 Å². The van der Waals surface area contributed by atoms with Crippen LogP contribution in [0.15, 0.2) is 62.2 Å². The van der Waals surface area contributed by atoms with Crippen molar-refractivity contribution in [3.05, 3.63) is 73.3 Å². The summed E-state index contributed by atoms with van der Waals surface area (Å²) in [5.41, 5.74) is 1.37. The molecule has 3 rings (SSSR count). The maximum Gasteiger partial charge on any atom is 0.344 e. The number of benzene rings is 2. The number of ketones is 1. The summed E-state index contributed by atoms with van der Waals surface area (Å²) < 4.78 is 9.43. The van der Waals surface area contributed by atoms with Crippen LogP contribution >= 0.6 is 47.8 Å². The first-order chi connectivity index (χ1) is 13.3. The van der Waals surface area contributed by atoms with Crippen molar-refractivity contribution in [1.82, 2.24) is 9.78 Å². The smallest absolute Gasteiger partial charge is 0.344 e. The van der Waals surface area contributed by atoms with Gasteiger partial charge in [0.1, 0.15) is 5.75 Å². The molecule has 1 aromatic heterocycles. The number of ether oxygens (including phenoxy) is 1. The molecule has 1 heterocycles. The Morgan fingerprint density at radius 3 is 2.46 bits per heavy atom. The summed E-state index contributed by atoms with van der Waals surface area (Å²) in [7, 11) is 0. The maximum atomic E-state index is 13.0. The Balaban J connectivity index is 1.96. The Labute approximate surface area is 185 Å². The molecule has 6 nitrogen and oxygen atoms in total. The van der Waals surface area contributed by atoms with Crippen molar-refractivity contribution < 1.29 is 19.4 Å². The van der Waals surface area contributed by atoms with Crippen LogP contribution in [0.4, 0.5) is 0 Å². The molecule has 0 aliphatic heterocycles. The first kappa shape index (κ1) is 20.8. The normalized spacial score (nSPS) is 11.9. The average Bonchev–Trinajstić information content (AvgIpc) is 3.12. The molecular formula is C19H13Br3N2O4. The number of carbonyl (C=O) groups is 2. The van der Waals surface area contributed by atoms with Gasteiger partial charge in [-0.3, -0.25) is 4.79 Å². The second kappa shape index (κ2) is 8.59. The molecule has 0 spiro atoms. The van der Waals surface area contributed by atoms with Gasteiger partial charge in [0.25, 0.3) is 0 Å². The molecule has 0 aliphatic rings. The van der Waals surface area contributed by atoms with Crippen LogP contribution in [0.3, 0.4) is 0 Å². The van der Waals surface area contributed by atoms with E-state index in [0.717, 1.165) is 14.6 Å². The average molecular weight is 573 g/mol. The molecule has 28 heavy (non-hydrogen) atoms. The van der Waals surface area contributed by atoms with Gasteiger partial charge in [-0.15, -0.1) is 0 Å². The van der Waals surface area contributed by atoms with Gasteiger partial charge in [-0.05, 0) is 59.3 Å². The summed E-state index contributed by atoms with van der Waals surface area (Å²) in [5.74, 6) is -1.25. The summed E-state index contributed by atoms with van der Waals surface area (Å²) in [6.07, 6.45) is 1.98. The van der Waals surface area contributed by atoms with Crippen molar-refractivity contribution in [1.29, 1.82) is 0 Å². The van der Waals surface area contributed by atoms with Gasteiger partial charge in [0, 0.05) is 19.6 Å². The largest absolute Gasteiger partial charge is 0.479 e. The van der Waals surface area contributed by atoms with Crippen molar-refractivity contribution in [3.8, 4) is 11.4 Å². The van der Waals surface area contributed by atoms with E-state index in [1.54, 1.807) is 29.1 Å². The number of rotatable bonds is 6. The highest BCUT2D eigenvalue weighted by molar-refractivity contribution is 9.11. The fourth-order valence-corrected chi connectivity index (χ4v) is 4.01. The minimum Gasteiger partial charge on any atom is -0.479 e. The Hall–Kier alpha value is -1.97. The number of carboxylic acid groups (broad SMARTS) is 1. The Morgan fingerprint density at radius 2 is 1.79 bits per heavy atom. The monoisotopic (exact) mass is 570 g/mol. The number of hydrogen-bond donors (Lipinski definition) is 1. The Kier molecular flexibility index (Phi) is 6.36. The fraction of sp³-hybridized carbons (Fsp3) is 0.105. The number of carbonyl (C=O) groups excluding carboxylic acids is 1. The molecule has 1 N–H and O–H groups in total. The van der Waals surface area contributed by atoms with Crippen LogP contribution in [0, 0.1) is 0 Å². The van der Waals surface area contributed by atoms with E-state index >= 15 is 0 Å². The molecular weight excluding hydrogens is 560 g/mol.